The predicted octanol–water partition coefficient (Wildman–Crippen LogP) is 17.7. The smallest absolute Gasteiger partial charge is 0.159 e. The van der Waals surface area contributed by atoms with Crippen molar-refractivity contribution in [1.29, 1.82) is 0 Å². The van der Waals surface area contributed by atoms with E-state index in [1.165, 1.54) is 75.8 Å². The van der Waals surface area contributed by atoms with Crippen LogP contribution in [0.3, 0.4) is 0 Å². The maximum Gasteiger partial charge on any atom is 0.159 e. The highest BCUT2D eigenvalue weighted by Crippen LogP contribution is 2.60. The van der Waals surface area contributed by atoms with E-state index in [-0.39, 0.29) is 0 Å². The van der Waals surface area contributed by atoms with Crippen molar-refractivity contribution < 1.29 is 4.42 Å². The monoisotopic (exact) mass is 849 g/mol. The van der Waals surface area contributed by atoms with Crippen LogP contribution in [0.15, 0.2) is 234 Å². The first kappa shape index (κ1) is 37.8. The van der Waals surface area contributed by atoms with E-state index in [0.717, 1.165) is 58.3 Å². The normalized spacial score (nSPS) is 15.6. The summed E-state index contributed by atoms with van der Waals surface area (Å²) < 4.78 is 10.1. The number of fused-ring (bicyclic) bond motifs is 10. The van der Waals surface area contributed by atoms with Crippen molar-refractivity contribution >= 4 is 70.5 Å². The third-order valence-electron chi connectivity index (χ3n) is 13.9. The van der Waals surface area contributed by atoms with Crippen LogP contribution in [0.4, 0.5) is 17.1 Å². The topological polar surface area (TPSA) is 16.4 Å². The van der Waals surface area contributed by atoms with Crippen LogP contribution < -0.4 is 4.90 Å². The molecule has 2 heterocycles. The lowest BCUT2D eigenvalue weighted by Crippen LogP contribution is -2.29. The maximum absolute atomic E-state index is 7.44. The van der Waals surface area contributed by atoms with Gasteiger partial charge in [-0.3, -0.25) is 0 Å². The zero-order chi connectivity index (χ0) is 42.9. The van der Waals surface area contributed by atoms with Gasteiger partial charge in [-0.15, -0.1) is 11.3 Å². The average Bonchev–Trinajstić information content (AvgIpc) is 3.95. The molecule has 0 spiro atoms. The number of thiophene rings is 1. The Morgan fingerprint density at radius 1 is 0.477 bits per heavy atom. The highest BCUT2D eigenvalue weighted by atomic mass is 32.1. The van der Waals surface area contributed by atoms with Crippen molar-refractivity contribution in [2.24, 2.45) is 0 Å². The maximum atomic E-state index is 7.44. The van der Waals surface area contributed by atoms with E-state index in [2.05, 4.69) is 229 Å². The van der Waals surface area contributed by atoms with E-state index in [9.17, 15) is 0 Å². The van der Waals surface area contributed by atoms with Gasteiger partial charge in [0, 0.05) is 47.9 Å². The molecule has 2 aliphatic carbocycles. The minimum Gasteiger partial charge on any atom is -0.453 e. The third kappa shape index (κ3) is 5.86. The molecular weight excluding hydrogens is 807 g/mol. The fourth-order valence-electron chi connectivity index (χ4n) is 11.0. The van der Waals surface area contributed by atoms with Crippen molar-refractivity contribution in [1.82, 2.24) is 0 Å². The van der Waals surface area contributed by atoms with Crippen LogP contribution >= 0.6 is 11.3 Å². The van der Waals surface area contributed by atoms with Crippen LogP contribution in [0.5, 0.6) is 0 Å². The standard InChI is InChI=1S/C62H43NOS/c1-2-8-20-44(19-7-1)62(45-21-9-4-10-22-45)54-28-13-11-24-53(54)58-55(62)40-39-51-50-26-16-29-56(59(50)64-60(51)58)63(46-35-31-42(32-36-46)41-17-5-3-6-18-41)47-37-33-43(34-38-47)48-25-15-27-52-49-23-12-14-30-57(49)65-61(48)52/h1,3-7,9-19,21-40H,2,8,20H2. The highest BCUT2D eigenvalue weighted by molar-refractivity contribution is 7.26. The number of anilines is 3. The molecule has 0 amide bonds. The summed E-state index contributed by atoms with van der Waals surface area (Å²) in [5, 5.41) is 4.85. The molecule has 3 heteroatoms. The number of allylic oxidation sites excluding steroid dienone is 4. The summed E-state index contributed by atoms with van der Waals surface area (Å²) in [7, 11) is 0. The van der Waals surface area contributed by atoms with E-state index in [0.29, 0.717) is 0 Å². The molecule has 2 aliphatic rings. The molecule has 0 N–H and O–H groups in total. The Morgan fingerprint density at radius 3 is 1.95 bits per heavy atom. The molecule has 0 fully saturated rings. The van der Waals surface area contributed by atoms with Gasteiger partial charge in [-0.2, -0.15) is 0 Å². The van der Waals surface area contributed by atoms with Gasteiger partial charge in [0.05, 0.1) is 11.1 Å². The Kier molecular flexibility index (Phi) is 8.85. The molecule has 0 radical (unpaired) electrons. The fourth-order valence-corrected chi connectivity index (χ4v) is 12.3. The minimum atomic E-state index is -0.438. The second-order valence-corrected chi connectivity index (χ2v) is 18.4. The summed E-state index contributed by atoms with van der Waals surface area (Å²) in [4.78, 5) is 2.37. The van der Waals surface area contributed by atoms with E-state index in [1.54, 1.807) is 0 Å². The molecule has 65 heavy (non-hydrogen) atoms. The van der Waals surface area contributed by atoms with Crippen LogP contribution in [-0.4, -0.2) is 0 Å². The van der Waals surface area contributed by atoms with Crippen LogP contribution in [0.1, 0.15) is 36.0 Å². The predicted molar refractivity (Wildman–Crippen MR) is 275 cm³/mol. The molecule has 0 saturated heterocycles. The molecule has 2 aromatic heterocycles. The zero-order valence-electron chi connectivity index (χ0n) is 35.7. The number of hydrogen-bond acceptors (Lipinski definition) is 3. The molecule has 13 rings (SSSR count). The lowest BCUT2D eigenvalue weighted by Gasteiger charge is -2.36. The van der Waals surface area contributed by atoms with Gasteiger partial charge in [0.2, 0.25) is 0 Å². The summed E-state index contributed by atoms with van der Waals surface area (Å²) in [5.74, 6) is 0. The molecule has 9 aromatic carbocycles. The van der Waals surface area contributed by atoms with E-state index in [4.69, 9.17) is 4.42 Å². The van der Waals surface area contributed by atoms with Gasteiger partial charge < -0.3 is 9.32 Å². The Morgan fingerprint density at radius 2 is 1.12 bits per heavy atom. The first-order valence-electron chi connectivity index (χ1n) is 22.7. The van der Waals surface area contributed by atoms with Crippen LogP contribution in [0.25, 0.3) is 75.5 Å². The first-order chi connectivity index (χ1) is 32.3. The molecule has 1 unspecified atom stereocenters. The van der Waals surface area contributed by atoms with Gasteiger partial charge in [-0.1, -0.05) is 194 Å². The second-order valence-electron chi connectivity index (χ2n) is 17.4. The number of furan rings is 1. The lowest BCUT2D eigenvalue weighted by atomic mass is 9.66. The van der Waals surface area contributed by atoms with Gasteiger partial charge in [0.25, 0.3) is 0 Å². The van der Waals surface area contributed by atoms with E-state index >= 15 is 0 Å². The fraction of sp³-hybridized carbons (Fsp3) is 0.0645. The van der Waals surface area contributed by atoms with Crippen molar-refractivity contribution in [3.05, 3.63) is 247 Å². The average molecular weight is 850 g/mol. The summed E-state index contributed by atoms with van der Waals surface area (Å²) in [6, 6.07) is 75.6. The highest BCUT2D eigenvalue weighted by Gasteiger charge is 2.48. The van der Waals surface area contributed by atoms with Crippen molar-refractivity contribution in [2.75, 3.05) is 4.90 Å². The van der Waals surface area contributed by atoms with Gasteiger partial charge in [-0.05, 0) is 100 Å². The minimum absolute atomic E-state index is 0.438. The van der Waals surface area contributed by atoms with Gasteiger partial charge in [0.1, 0.15) is 5.58 Å². The molecular formula is C62H43NOS. The quantitative estimate of drug-likeness (QED) is 0.159. The summed E-state index contributed by atoms with van der Waals surface area (Å²) >= 11 is 1.87. The van der Waals surface area contributed by atoms with Gasteiger partial charge in [0.15, 0.2) is 5.58 Å². The second kappa shape index (κ2) is 15.2. The number of rotatable bonds is 7. The Balaban J connectivity index is 1.01. The van der Waals surface area contributed by atoms with Crippen molar-refractivity contribution in [3.63, 3.8) is 0 Å². The molecule has 0 saturated carbocycles. The zero-order valence-corrected chi connectivity index (χ0v) is 36.6. The Labute approximate surface area is 382 Å². The van der Waals surface area contributed by atoms with Crippen LogP contribution in [-0.2, 0) is 5.41 Å². The van der Waals surface area contributed by atoms with Crippen LogP contribution in [0.2, 0.25) is 0 Å². The summed E-state index contributed by atoms with van der Waals surface area (Å²) in [6.45, 7) is 0. The summed E-state index contributed by atoms with van der Waals surface area (Å²) in [6.07, 6.45) is 10.2. The van der Waals surface area contributed by atoms with Gasteiger partial charge >= 0.3 is 0 Å². The molecule has 0 bridgehead atoms. The Hall–Kier alpha value is -7.72. The first-order valence-corrected chi connectivity index (χ1v) is 23.5. The number of para-hydroxylation sites is 1. The molecule has 0 aliphatic heterocycles. The molecule has 308 valence electrons. The van der Waals surface area contributed by atoms with E-state index < -0.39 is 5.41 Å². The van der Waals surface area contributed by atoms with E-state index in [1.807, 2.05) is 11.3 Å². The third-order valence-corrected chi connectivity index (χ3v) is 15.1. The summed E-state index contributed by atoms with van der Waals surface area (Å²) in [5.41, 5.74) is 17.1. The van der Waals surface area contributed by atoms with Gasteiger partial charge in [-0.25, -0.2) is 0 Å². The van der Waals surface area contributed by atoms with Crippen molar-refractivity contribution in [3.8, 4) is 33.4 Å². The lowest BCUT2D eigenvalue weighted by molar-refractivity contribution is 0.664. The number of nitrogens with zero attached hydrogens (tertiary/aromatic N) is 1. The van der Waals surface area contributed by atoms with Crippen LogP contribution in [0, 0.1) is 0 Å². The Bertz CT molecular complexity index is 3670. The largest absolute Gasteiger partial charge is 0.453 e. The molecule has 1 atom stereocenters. The molecule has 2 nitrogen and oxygen atoms in total. The van der Waals surface area contributed by atoms with Crippen molar-refractivity contribution in [2.45, 2.75) is 24.7 Å². The number of benzene rings is 9. The molecule has 11 aromatic rings. The SMILES string of the molecule is C1=CCCCC(C2(c3ccccc3)c3ccccc3-c3c2ccc2c3oc3c(N(c4ccc(-c5ccccc5)cc4)c4ccc(-c5cccc6c5sc5ccccc56)cc4)cccc32)=C1. The number of hydrogen-bond donors (Lipinski definition) is 0.